The lowest BCUT2D eigenvalue weighted by molar-refractivity contribution is 0.102. The molecule has 2 heterocycles. The summed E-state index contributed by atoms with van der Waals surface area (Å²) in [6.45, 7) is 2.61. The van der Waals surface area contributed by atoms with E-state index in [1.54, 1.807) is 30.3 Å². The average molecular weight is 461 g/mol. The lowest BCUT2D eigenvalue weighted by Crippen LogP contribution is -2.37. The van der Waals surface area contributed by atoms with Crippen molar-refractivity contribution in [2.24, 2.45) is 0 Å². The Morgan fingerprint density at radius 3 is 2.58 bits per heavy atom. The molecule has 0 radical (unpaired) electrons. The number of halogens is 1. The van der Waals surface area contributed by atoms with Gasteiger partial charge in [0.15, 0.2) is 0 Å². The van der Waals surface area contributed by atoms with Crippen LogP contribution < -0.4 is 5.32 Å². The summed E-state index contributed by atoms with van der Waals surface area (Å²) in [4.78, 5) is 12.7. The van der Waals surface area contributed by atoms with Crippen LogP contribution in [0.25, 0.3) is 0 Å². The quantitative estimate of drug-likeness (QED) is 0.625. The van der Waals surface area contributed by atoms with Gasteiger partial charge in [0.1, 0.15) is 10.8 Å². The first-order valence-electron chi connectivity index (χ1n) is 9.80. The molecule has 1 saturated heterocycles. The van der Waals surface area contributed by atoms with E-state index in [0.29, 0.717) is 35.8 Å². The molecule has 1 aromatic heterocycles. The second-order valence-corrected chi connectivity index (χ2v) is 10.3. The highest BCUT2D eigenvalue weighted by atomic mass is 32.2. The van der Waals surface area contributed by atoms with Crippen LogP contribution >= 0.6 is 11.3 Å². The van der Waals surface area contributed by atoms with E-state index in [-0.39, 0.29) is 16.6 Å². The summed E-state index contributed by atoms with van der Waals surface area (Å²) in [5.41, 5.74) is 0.977. The molecule has 0 saturated carbocycles. The predicted molar refractivity (Wildman–Crippen MR) is 116 cm³/mol. The SMILES string of the molecule is Cc1cccc(S(=O)(=O)N2CCC(c3nnc(C(=O)Nc4ccccc4F)s3)CC2)c1. The maximum absolute atomic E-state index is 13.7. The number of aryl methyl sites for hydroxylation is 1. The third kappa shape index (κ3) is 4.65. The number of nitrogens with zero attached hydrogens (tertiary/aromatic N) is 3. The van der Waals surface area contributed by atoms with Gasteiger partial charge in [-0.2, -0.15) is 4.31 Å². The zero-order chi connectivity index (χ0) is 22.0. The number of carbonyl (C=O) groups is 1. The summed E-state index contributed by atoms with van der Waals surface area (Å²) in [6.07, 6.45) is 1.18. The topological polar surface area (TPSA) is 92.3 Å². The van der Waals surface area contributed by atoms with Gasteiger partial charge in [0.2, 0.25) is 15.0 Å². The predicted octanol–water partition coefficient (Wildman–Crippen LogP) is 3.81. The molecule has 10 heteroatoms. The molecule has 162 valence electrons. The molecule has 0 aliphatic carbocycles. The minimum absolute atomic E-state index is 0.0245. The molecule has 7 nitrogen and oxygen atoms in total. The number of para-hydroxylation sites is 1. The van der Waals surface area contributed by atoms with E-state index in [1.165, 1.54) is 16.4 Å². The van der Waals surface area contributed by atoms with Gasteiger partial charge in [-0.1, -0.05) is 35.6 Å². The Bertz CT molecular complexity index is 1200. The molecular formula is C21H21FN4O3S2. The van der Waals surface area contributed by atoms with Crippen molar-refractivity contribution in [2.45, 2.75) is 30.6 Å². The molecular weight excluding hydrogens is 439 g/mol. The second-order valence-electron chi connectivity index (χ2n) is 7.37. The van der Waals surface area contributed by atoms with Crippen molar-refractivity contribution in [1.82, 2.24) is 14.5 Å². The van der Waals surface area contributed by atoms with Crippen LogP contribution in [0.4, 0.5) is 10.1 Å². The zero-order valence-electron chi connectivity index (χ0n) is 16.8. The van der Waals surface area contributed by atoms with Gasteiger partial charge in [0.25, 0.3) is 5.91 Å². The number of rotatable bonds is 5. The molecule has 4 rings (SSSR count). The summed E-state index contributed by atoms with van der Waals surface area (Å²) in [5, 5.41) is 11.4. The summed E-state index contributed by atoms with van der Waals surface area (Å²) < 4.78 is 41.0. The fraction of sp³-hybridized carbons (Fsp3) is 0.286. The largest absolute Gasteiger partial charge is 0.317 e. The number of carbonyl (C=O) groups excluding carboxylic acids is 1. The van der Waals surface area contributed by atoms with E-state index in [2.05, 4.69) is 15.5 Å². The molecule has 0 unspecified atom stereocenters. The van der Waals surface area contributed by atoms with Gasteiger partial charge in [-0.25, -0.2) is 12.8 Å². The first-order valence-corrected chi connectivity index (χ1v) is 12.1. The Kier molecular flexibility index (Phi) is 6.12. The van der Waals surface area contributed by atoms with E-state index in [1.807, 2.05) is 13.0 Å². The molecule has 1 aliphatic heterocycles. The molecule has 1 aliphatic rings. The molecule has 0 bridgehead atoms. The zero-order valence-corrected chi connectivity index (χ0v) is 18.4. The Morgan fingerprint density at radius 1 is 1.13 bits per heavy atom. The van der Waals surface area contributed by atoms with Gasteiger partial charge in [0, 0.05) is 19.0 Å². The van der Waals surface area contributed by atoms with Gasteiger partial charge in [-0.15, -0.1) is 10.2 Å². The van der Waals surface area contributed by atoms with Crippen LogP contribution in [0.1, 0.15) is 39.1 Å². The van der Waals surface area contributed by atoms with E-state index in [0.717, 1.165) is 16.9 Å². The normalized spacial score (nSPS) is 15.7. The number of hydrogen-bond acceptors (Lipinski definition) is 6. The number of benzene rings is 2. The lowest BCUT2D eigenvalue weighted by atomic mass is 9.99. The molecule has 2 aromatic carbocycles. The fourth-order valence-electron chi connectivity index (χ4n) is 3.50. The Morgan fingerprint density at radius 2 is 1.87 bits per heavy atom. The minimum atomic E-state index is -3.54. The van der Waals surface area contributed by atoms with Crippen LogP contribution in [-0.2, 0) is 10.0 Å². The monoisotopic (exact) mass is 460 g/mol. The summed E-state index contributed by atoms with van der Waals surface area (Å²) in [7, 11) is -3.54. The van der Waals surface area contributed by atoms with Crippen LogP contribution in [0.2, 0.25) is 0 Å². The van der Waals surface area contributed by atoms with Gasteiger partial charge in [-0.3, -0.25) is 4.79 Å². The van der Waals surface area contributed by atoms with E-state index in [9.17, 15) is 17.6 Å². The molecule has 1 amide bonds. The van der Waals surface area contributed by atoms with E-state index >= 15 is 0 Å². The summed E-state index contributed by atoms with van der Waals surface area (Å²) in [5.74, 6) is -1.02. The molecule has 1 fully saturated rings. The highest BCUT2D eigenvalue weighted by molar-refractivity contribution is 7.89. The minimum Gasteiger partial charge on any atom is -0.317 e. The van der Waals surface area contributed by atoms with Gasteiger partial charge in [-0.05, 0) is 49.6 Å². The van der Waals surface area contributed by atoms with Gasteiger partial charge in [0.05, 0.1) is 10.6 Å². The first-order chi connectivity index (χ1) is 14.8. The van der Waals surface area contributed by atoms with Crippen molar-refractivity contribution in [2.75, 3.05) is 18.4 Å². The lowest BCUT2D eigenvalue weighted by Gasteiger charge is -2.30. The number of sulfonamides is 1. The first kappa shape index (κ1) is 21.5. The van der Waals surface area contributed by atoms with Crippen LogP contribution in [0.15, 0.2) is 53.4 Å². The molecule has 1 N–H and O–H groups in total. The fourth-order valence-corrected chi connectivity index (χ4v) is 5.98. The van der Waals surface area contributed by atoms with E-state index in [4.69, 9.17) is 0 Å². The van der Waals surface area contributed by atoms with Crippen LogP contribution in [0, 0.1) is 12.7 Å². The highest BCUT2D eigenvalue weighted by Crippen LogP contribution is 2.32. The Hall–Kier alpha value is -2.69. The Balaban J connectivity index is 1.40. The number of anilines is 1. The van der Waals surface area contributed by atoms with Crippen LogP contribution in [-0.4, -0.2) is 41.9 Å². The maximum atomic E-state index is 13.7. The van der Waals surface area contributed by atoms with Gasteiger partial charge >= 0.3 is 0 Å². The molecule has 31 heavy (non-hydrogen) atoms. The smallest absolute Gasteiger partial charge is 0.286 e. The van der Waals surface area contributed by atoms with Crippen molar-refractivity contribution in [3.63, 3.8) is 0 Å². The number of piperidine rings is 1. The molecule has 0 atom stereocenters. The second kappa shape index (κ2) is 8.81. The van der Waals surface area contributed by atoms with Crippen molar-refractivity contribution in [3.8, 4) is 0 Å². The average Bonchev–Trinajstić information content (AvgIpc) is 3.26. The van der Waals surface area contributed by atoms with Crippen LogP contribution in [0.3, 0.4) is 0 Å². The third-order valence-corrected chi connectivity index (χ3v) is 8.17. The van der Waals surface area contributed by atoms with Crippen LogP contribution in [0.5, 0.6) is 0 Å². The summed E-state index contributed by atoms with van der Waals surface area (Å²) >= 11 is 1.15. The standard InChI is InChI=1S/C21H21FN4O3S2/c1-14-5-4-6-16(13-14)31(28,29)26-11-9-15(10-12-26)20-24-25-21(30-20)19(27)23-18-8-3-2-7-17(18)22/h2-8,13,15H,9-12H2,1H3,(H,23,27). The van der Waals surface area contributed by atoms with Crippen molar-refractivity contribution in [1.29, 1.82) is 0 Å². The number of hydrogen-bond donors (Lipinski definition) is 1. The highest BCUT2D eigenvalue weighted by Gasteiger charge is 2.31. The molecule has 0 spiro atoms. The maximum Gasteiger partial charge on any atom is 0.286 e. The van der Waals surface area contributed by atoms with Crippen molar-refractivity contribution >= 4 is 33.0 Å². The third-order valence-electron chi connectivity index (χ3n) is 5.19. The number of amides is 1. The summed E-state index contributed by atoms with van der Waals surface area (Å²) in [6, 6.07) is 12.8. The van der Waals surface area contributed by atoms with Crippen molar-refractivity contribution in [3.05, 3.63) is 69.9 Å². The number of nitrogens with one attached hydrogen (secondary N) is 1. The van der Waals surface area contributed by atoms with Crippen molar-refractivity contribution < 1.29 is 17.6 Å². The number of aromatic nitrogens is 2. The van der Waals surface area contributed by atoms with E-state index < -0.39 is 21.7 Å². The Labute approximate surface area is 184 Å². The van der Waals surface area contributed by atoms with Gasteiger partial charge < -0.3 is 5.32 Å². The molecule has 3 aromatic rings.